The second-order valence-corrected chi connectivity index (χ2v) is 5.47. The number of hydrogen-bond acceptors (Lipinski definition) is 4. The maximum Gasteiger partial charge on any atom is 0.251 e. The van der Waals surface area contributed by atoms with E-state index in [9.17, 15) is 4.79 Å². The van der Waals surface area contributed by atoms with Gasteiger partial charge in [-0.1, -0.05) is 12.1 Å². The quantitative estimate of drug-likeness (QED) is 0.741. The van der Waals surface area contributed by atoms with Crippen LogP contribution in [0.2, 0.25) is 0 Å². The molecule has 0 radical (unpaired) electrons. The lowest BCUT2D eigenvalue weighted by molar-refractivity contribution is 0.0963. The van der Waals surface area contributed by atoms with Crippen molar-refractivity contribution in [1.29, 1.82) is 0 Å². The number of rotatable bonds is 6. The van der Waals surface area contributed by atoms with Crippen LogP contribution in [0.4, 0.5) is 0 Å². The van der Waals surface area contributed by atoms with E-state index in [-0.39, 0.29) is 5.91 Å². The molecule has 0 aliphatic rings. The van der Waals surface area contributed by atoms with Crippen LogP contribution >= 0.6 is 0 Å². The SMILES string of the molecule is CNC(=O)c1ccc(COc2cc(OC)cc(-c3ccoc3)c2)cc1. The van der Waals surface area contributed by atoms with E-state index in [1.165, 1.54) is 0 Å². The Bertz CT molecular complexity index is 839. The van der Waals surface area contributed by atoms with E-state index in [0.717, 1.165) is 16.7 Å². The molecular formula is C20H19NO4. The van der Waals surface area contributed by atoms with Gasteiger partial charge in [-0.2, -0.15) is 0 Å². The molecule has 0 aliphatic carbocycles. The van der Waals surface area contributed by atoms with E-state index in [1.807, 2.05) is 36.4 Å². The maximum atomic E-state index is 11.6. The second kappa shape index (κ2) is 7.57. The fourth-order valence-corrected chi connectivity index (χ4v) is 2.43. The molecule has 0 spiro atoms. The lowest BCUT2D eigenvalue weighted by Crippen LogP contribution is -2.17. The lowest BCUT2D eigenvalue weighted by atomic mass is 10.1. The molecule has 5 nitrogen and oxygen atoms in total. The minimum atomic E-state index is -0.106. The van der Waals surface area contributed by atoms with Crippen molar-refractivity contribution in [3.8, 4) is 22.6 Å². The summed E-state index contributed by atoms with van der Waals surface area (Å²) in [4.78, 5) is 11.6. The molecule has 1 N–H and O–H groups in total. The Morgan fingerprint density at radius 2 is 1.80 bits per heavy atom. The van der Waals surface area contributed by atoms with Crippen molar-refractivity contribution < 1.29 is 18.7 Å². The maximum absolute atomic E-state index is 11.6. The fourth-order valence-electron chi connectivity index (χ4n) is 2.43. The predicted molar refractivity (Wildman–Crippen MR) is 94.9 cm³/mol. The standard InChI is InChI=1S/C20H19NO4/c1-21-20(22)15-5-3-14(4-6-15)12-25-19-10-17(9-18(11-19)23-2)16-7-8-24-13-16/h3-11,13H,12H2,1-2H3,(H,21,22). The van der Waals surface area contributed by atoms with Crippen molar-refractivity contribution in [1.82, 2.24) is 5.32 Å². The minimum Gasteiger partial charge on any atom is -0.497 e. The van der Waals surface area contributed by atoms with Crippen LogP contribution in [0, 0.1) is 0 Å². The number of hydrogen-bond donors (Lipinski definition) is 1. The molecule has 25 heavy (non-hydrogen) atoms. The fraction of sp³-hybridized carbons (Fsp3) is 0.150. The van der Waals surface area contributed by atoms with Gasteiger partial charge in [-0.25, -0.2) is 0 Å². The molecule has 0 fully saturated rings. The van der Waals surface area contributed by atoms with Crippen LogP contribution in [0.3, 0.4) is 0 Å². The third-order valence-corrected chi connectivity index (χ3v) is 3.82. The van der Waals surface area contributed by atoms with E-state index < -0.39 is 0 Å². The summed E-state index contributed by atoms with van der Waals surface area (Å²) in [6, 6.07) is 14.9. The molecule has 128 valence electrons. The highest BCUT2D eigenvalue weighted by Crippen LogP contribution is 2.30. The zero-order chi connectivity index (χ0) is 17.6. The topological polar surface area (TPSA) is 60.7 Å². The van der Waals surface area contributed by atoms with Gasteiger partial charge in [0.25, 0.3) is 5.91 Å². The second-order valence-electron chi connectivity index (χ2n) is 5.47. The first-order chi connectivity index (χ1) is 12.2. The Morgan fingerprint density at radius 1 is 1.04 bits per heavy atom. The van der Waals surface area contributed by atoms with E-state index in [0.29, 0.717) is 23.7 Å². The van der Waals surface area contributed by atoms with Crippen LogP contribution in [0.5, 0.6) is 11.5 Å². The Hall–Kier alpha value is -3.21. The third-order valence-electron chi connectivity index (χ3n) is 3.82. The molecule has 5 heteroatoms. The smallest absolute Gasteiger partial charge is 0.251 e. The van der Waals surface area contributed by atoms with E-state index in [2.05, 4.69) is 5.32 Å². The molecule has 0 saturated carbocycles. The zero-order valence-electron chi connectivity index (χ0n) is 14.1. The van der Waals surface area contributed by atoms with Crippen LogP contribution in [0.25, 0.3) is 11.1 Å². The van der Waals surface area contributed by atoms with Crippen LogP contribution in [0.15, 0.2) is 65.5 Å². The number of nitrogens with one attached hydrogen (secondary N) is 1. The molecule has 0 bridgehead atoms. The molecule has 0 atom stereocenters. The molecule has 3 aromatic rings. The van der Waals surface area contributed by atoms with E-state index >= 15 is 0 Å². The third kappa shape index (κ3) is 4.01. The first-order valence-corrected chi connectivity index (χ1v) is 7.85. The zero-order valence-corrected chi connectivity index (χ0v) is 14.1. The van der Waals surface area contributed by atoms with Crippen LogP contribution in [0.1, 0.15) is 15.9 Å². The number of amides is 1. The monoisotopic (exact) mass is 337 g/mol. The Morgan fingerprint density at radius 3 is 2.44 bits per heavy atom. The number of ether oxygens (including phenoxy) is 2. The molecule has 1 aromatic heterocycles. The predicted octanol–water partition coefficient (Wildman–Crippen LogP) is 3.89. The van der Waals surface area contributed by atoms with E-state index in [4.69, 9.17) is 13.9 Å². The molecule has 0 unspecified atom stereocenters. The van der Waals surface area contributed by atoms with Gasteiger partial charge in [0.2, 0.25) is 0 Å². The summed E-state index contributed by atoms with van der Waals surface area (Å²) in [6.45, 7) is 0.395. The van der Waals surface area contributed by atoms with E-state index in [1.54, 1.807) is 38.8 Å². The van der Waals surface area contributed by atoms with Crippen molar-refractivity contribution in [2.24, 2.45) is 0 Å². The largest absolute Gasteiger partial charge is 0.497 e. The summed E-state index contributed by atoms with van der Waals surface area (Å²) in [5.74, 6) is 1.31. The van der Waals surface area contributed by atoms with Gasteiger partial charge in [-0.3, -0.25) is 4.79 Å². The average molecular weight is 337 g/mol. The summed E-state index contributed by atoms with van der Waals surface area (Å²) >= 11 is 0. The van der Waals surface area contributed by atoms with Crippen molar-refractivity contribution in [2.45, 2.75) is 6.61 Å². The number of methoxy groups -OCH3 is 1. The first kappa shape index (κ1) is 16.6. The molecule has 0 saturated heterocycles. The summed E-state index contributed by atoms with van der Waals surface area (Å²) < 4.78 is 16.4. The molecule has 2 aromatic carbocycles. The lowest BCUT2D eigenvalue weighted by Gasteiger charge is -2.11. The summed E-state index contributed by atoms with van der Waals surface area (Å²) in [5, 5.41) is 2.60. The van der Waals surface area contributed by atoms with Crippen LogP contribution in [-0.4, -0.2) is 20.1 Å². The van der Waals surface area contributed by atoms with Gasteiger partial charge in [0.1, 0.15) is 18.1 Å². The van der Waals surface area contributed by atoms with Gasteiger partial charge in [0, 0.05) is 24.2 Å². The van der Waals surface area contributed by atoms with Crippen molar-refractivity contribution in [3.63, 3.8) is 0 Å². The van der Waals surface area contributed by atoms with Gasteiger partial charge in [0.05, 0.1) is 19.6 Å². The number of carbonyl (C=O) groups is 1. The Labute approximate surface area is 146 Å². The summed E-state index contributed by atoms with van der Waals surface area (Å²) in [6.07, 6.45) is 3.30. The normalized spacial score (nSPS) is 10.3. The van der Waals surface area contributed by atoms with Crippen LogP contribution < -0.4 is 14.8 Å². The molecule has 1 amide bonds. The molecule has 1 heterocycles. The van der Waals surface area contributed by atoms with Gasteiger partial charge < -0.3 is 19.2 Å². The summed E-state index contributed by atoms with van der Waals surface area (Å²) in [5.41, 5.74) is 3.51. The minimum absolute atomic E-state index is 0.106. The van der Waals surface area contributed by atoms with Gasteiger partial charge in [0.15, 0.2) is 0 Å². The molecular weight excluding hydrogens is 318 g/mol. The highest BCUT2D eigenvalue weighted by atomic mass is 16.5. The van der Waals surface area contributed by atoms with Gasteiger partial charge in [-0.15, -0.1) is 0 Å². The number of benzene rings is 2. The Kier molecular flexibility index (Phi) is 5.04. The van der Waals surface area contributed by atoms with Gasteiger partial charge in [-0.05, 0) is 41.5 Å². The summed E-state index contributed by atoms with van der Waals surface area (Å²) in [7, 11) is 3.23. The van der Waals surface area contributed by atoms with Crippen molar-refractivity contribution in [3.05, 3.63) is 72.2 Å². The number of carbonyl (C=O) groups excluding carboxylic acids is 1. The van der Waals surface area contributed by atoms with Crippen molar-refractivity contribution >= 4 is 5.91 Å². The first-order valence-electron chi connectivity index (χ1n) is 7.85. The molecule has 3 rings (SSSR count). The van der Waals surface area contributed by atoms with Crippen molar-refractivity contribution in [2.75, 3.05) is 14.2 Å². The average Bonchev–Trinajstić information content (AvgIpc) is 3.20. The van der Waals surface area contributed by atoms with Gasteiger partial charge >= 0.3 is 0 Å². The highest BCUT2D eigenvalue weighted by molar-refractivity contribution is 5.93. The number of furan rings is 1. The highest BCUT2D eigenvalue weighted by Gasteiger charge is 2.07. The molecule has 0 aliphatic heterocycles. The van der Waals surface area contributed by atoms with Crippen LogP contribution in [-0.2, 0) is 6.61 Å². The Balaban J connectivity index is 1.74.